The van der Waals surface area contributed by atoms with E-state index >= 15 is 0 Å². The zero-order valence-electron chi connectivity index (χ0n) is 6.90. The van der Waals surface area contributed by atoms with Gasteiger partial charge in [-0.15, -0.1) is 0 Å². The zero-order chi connectivity index (χ0) is 8.59. The van der Waals surface area contributed by atoms with Gasteiger partial charge < -0.3 is 5.73 Å². The molecule has 0 radical (unpaired) electrons. The Bertz CT molecular complexity index is 268. The lowest BCUT2D eigenvalue weighted by molar-refractivity contribution is 1.12. The highest BCUT2D eigenvalue weighted by molar-refractivity contribution is 9.10. The van der Waals surface area contributed by atoms with Gasteiger partial charge in [-0.25, -0.2) is 4.98 Å². The van der Waals surface area contributed by atoms with Crippen LogP contribution >= 0.6 is 15.9 Å². The van der Waals surface area contributed by atoms with Crippen LogP contribution in [0, 0.1) is 20.8 Å². The molecule has 0 fully saturated rings. The molecular weight excluding hydrogens is 204 g/mol. The molecule has 1 heterocycles. The van der Waals surface area contributed by atoms with E-state index in [0.29, 0.717) is 5.82 Å². The normalized spacial score (nSPS) is 10.2. The topological polar surface area (TPSA) is 38.9 Å². The maximum atomic E-state index is 5.63. The van der Waals surface area contributed by atoms with E-state index in [1.165, 1.54) is 11.1 Å². The van der Waals surface area contributed by atoms with E-state index in [1.807, 2.05) is 20.8 Å². The minimum Gasteiger partial charge on any atom is -0.383 e. The predicted molar refractivity (Wildman–Crippen MR) is 50.6 cm³/mol. The molecule has 0 aliphatic carbocycles. The molecule has 60 valence electrons. The van der Waals surface area contributed by atoms with Crippen molar-refractivity contribution in [3.63, 3.8) is 0 Å². The summed E-state index contributed by atoms with van der Waals surface area (Å²) in [6.07, 6.45) is 0. The van der Waals surface area contributed by atoms with Crippen molar-refractivity contribution in [2.45, 2.75) is 20.8 Å². The van der Waals surface area contributed by atoms with Gasteiger partial charge in [-0.3, -0.25) is 0 Å². The Morgan fingerprint density at radius 3 is 2.27 bits per heavy atom. The molecule has 0 saturated heterocycles. The van der Waals surface area contributed by atoms with E-state index in [0.717, 1.165) is 10.2 Å². The van der Waals surface area contributed by atoms with Gasteiger partial charge in [0.25, 0.3) is 0 Å². The molecule has 0 spiro atoms. The summed E-state index contributed by atoms with van der Waals surface area (Å²) in [7, 11) is 0. The van der Waals surface area contributed by atoms with Gasteiger partial charge in [0.05, 0.1) is 4.47 Å². The maximum absolute atomic E-state index is 5.63. The Morgan fingerprint density at radius 1 is 1.18 bits per heavy atom. The van der Waals surface area contributed by atoms with Crippen LogP contribution in [0.2, 0.25) is 0 Å². The van der Waals surface area contributed by atoms with Gasteiger partial charge in [0, 0.05) is 5.69 Å². The molecule has 0 aliphatic heterocycles. The van der Waals surface area contributed by atoms with E-state index < -0.39 is 0 Å². The summed E-state index contributed by atoms with van der Waals surface area (Å²) in [4.78, 5) is 4.16. The Kier molecular flexibility index (Phi) is 2.18. The fourth-order valence-corrected chi connectivity index (χ4v) is 1.33. The molecule has 2 nitrogen and oxygen atoms in total. The van der Waals surface area contributed by atoms with Crippen molar-refractivity contribution >= 4 is 21.7 Å². The minimum atomic E-state index is 0.575. The Balaban J connectivity index is 3.46. The molecular formula is C8H11BrN2. The third-order valence-electron chi connectivity index (χ3n) is 1.95. The molecule has 0 amide bonds. The average Bonchev–Trinajstić information content (AvgIpc) is 1.97. The van der Waals surface area contributed by atoms with Crippen molar-refractivity contribution in [3.8, 4) is 0 Å². The van der Waals surface area contributed by atoms with Crippen LogP contribution in [0.4, 0.5) is 5.82 Å². The summed E-state index contributed by atoms with van der Waals surface area (Å²) in [6.45, 7) is 6.04. The van der Waals surface area contributed by atoms with Crippen molar-refractivity contribution in [2.24, 2.45) is 0 Å². The summed E-state index contributed by atoms with van der Waals surface area (Å²) < 4.78 is 0.917. The van der Waals surface area contributed by atoms with E-state index in [2.05, 4.69) is 20.9 Å². The SMILES string of the molecule is Cc1nc(N)c(Br)c(C)c1C. The first kappa shape index (κ1) is 8.53. The zero-order valence-corrected chi connectivity index (χ0v) is 8.49. The number of hydrogen-bond acceptors (Lipinski definition) is 2. The van der Waals surface area contributed by atoms with E-state index in [1.54, 1.807) is 0 Å². The lowest BCUT2D eigenvalue weighted by atomic mass is 10.1. The summed E-state index contributed by atoms with van der Waals surface area (Å²) in [6, 6.07) is 0. The van der Waals surface area contributed by atoms with Crippen LogP contribution < -0.4 is 5.73 Å². The molecule has 0 saturated carbocycles. The van der Waals surface area contributed by atoms with Gasteiger partial charge in [0.15, 0.2) is 0 Å². The van der Waals surface area contributed by atoms with Crippen LogP contribution in [-0.2, 0) is 0 Å². The van der Waals surface area contributed by atoms with Gasteiger partial charge in [-0.05, 0) is 47.8 Å². The number of aromatic nitrogens is 1. The third kappa shape index (κ3) is 1.38. The molecule has 1 aromatic rings. The highest BCUT2D eigenvalue weighted by atomic mass is 79.9. The fraction of sp³-hybridized carbons (Fsp3) is 0.375. The van der Waals surface area contributed by atoms with E-state index in [4.69, 9.17) is 5.73 Å². The smallest absolute Gasteiger partial charge is 0.138 e. The molecule has 1 rings (SSSR count). The number of nitrogens with two attached hydrogens (primary N) is 1. The van der Waals surface area contributed by atoms with Crippen LogP contribution in [0.15, 0.2) is 4.47 Å². The molecule has 0 unspecified atom stereocenters. The third-order valence-corrected chi connectivity index (χ3v) is 2.95. The second kappa shape index (κ2) is 2.81. The second-order valence-electron chi connectivity index (χ2n) is 2.65. The van der Waals surface area contributed by atoms with Gasteiger partial charge in [0.1, 0.15) is 5.82 Å². The number of nitrogens with zero attached hydrogens (tertiary/aromatic N) is 1. The average molecular weight is 215 g/mol. The van der Waals surface area contributed by atoms with Crippen LogP contribution in [0.5, 0.6) is 0 Å². The molecule has 0 aliphatic rings. The number of aryl methyl sites for hydroxylation is 1. The minimum absolute atomic E-state index is 0.575. The van der Waals surface area contributed by atoms with Crippen molar-refractivity contribution in [1.82, 2.24) is 4.98 Å². The number of halogens is 1. The molecule has 2 N–H and O–H groups in total. The molecule has 0 bridgehead atoms. The van der Waals surface area contributed by atoms with E-state index in [9.17, 15) is 0 Å². The first-order valence-corrected chi connectivity index (χ1v) is 4.22. The molecule has 0 atom stereocenters. The van der Waals surface area contributed by atoms with Crippen LogP contribution in [-0.4, -0.2) is 4.98 Å². The lowest BCUT2D eigenvalue weighted by Gasteiger charge is -2.07. The van der Waals surface area contributed by atoms with Crippen LogP contribution in [0.3, 0.4) is 0 Å². The van der Waals surface area contributed by atoms with Crippen LogP contribution in [0.25, 0.3) is 0 Å². The molecule has 3 heteroatoms. The Morgan fingerprint density at radius 2 is 1.73 bits per heavy atom. The second-order valence-corrected chi connectivity index (χ2v) is 3.44. The summed E-state index contributed by atoms with van der Waals surface area (Å²) in [5, 5.41) is 0. The Hall–Kier alpha value is -0.570. The van der Waals surface area contributed by atoms with Gasteiger partial charge in [0.2, 0.25) is 0 Å². The fourth-order valence-electron chi connectivity index (χ4n) is 0.942. The number of pyridine rings is 1. The molecule has 0 aromatic carbocycles. The highest BCUT2D eigenvalue weighted by Crippen LogP contribution is 2.25. The quantitative estimate of drug-likeness (QED) is 0.721. The first-order valence-electron chi connectivity index (χ1n) is 3.42. The lowest BCUT2D eigenvalue weighted by Crippen LogP contribution is -1.99. The van der Waals surface area contributed by atoms with E-state index in [-0.39, 0.29) is 0 Å². The Labute approximate surface area is 75.0 Å². The number of rotatable bonds is 0. The van der Waals surface area contributed by atoms with Crippen molar-refractivity contribution < 1.29 is 0 Å². The van der Waals surface area contributed by atoms with Crippen molar-refractivity contribution in [1.29, 1.82) is 0 Å². The van der Waals surface area contributed by atoms with Crippen molar-refractivity contribution in [2.75, 3.05) is 5.73 Å². The first-order chi connectivity index (χ1) is 5.04. The molecule has 11 heavy (non-hydrogen) atoms. The maximum Gasteiger partial charge on any atom is 0.138 e. The summed E-state index contributed by atoms with van der Waals surface area (Å²) in [5.74, 6) is 0.575. The highest BCUT2D eigenvalue weighted by Gasteiger charge is 2.06. The number of nitrogen functional groups attached to an aromatic ring is 1. The molecule has 1 aromatic heterocycles. The van der Waals surface area contributed by atoms with Gasteiger partial charge >= 0.3 is 0 Å². The largest absolute Gasteiger partial charge is 0.383 e. The summed E-state index contributed by atoms with van der Waals surface area (Å²) in [5.41, 5.74) is 9.01. The monoisotopic (exact) mass is 214 g/mol. The van der Waals surface area contributed by atoms with Gasteiger partial charge in [-0.2, -0.15) is 0 Å². The standard InChI is InChI=1S/C8H11BrN2/c1-4-5(2)7(9)8(10)11-6(4)3/h1-3H3,(H2,10,11). The number of anilines is 1. The predicted octanol–water partition coefficient (Wildman–Crippen LogP) is 2.35. The number of hydrogen-bond donors (Lipinski definition) is 1. The van der Waals surface area contributed by atoms with Crippen LogP contribution in [0.1, 0.15) is 16.8 Å². The van der Waals surface area contributed by atoms with Crippen molar-refractivity contribution in [3.05, 3.63) is 21.3 Å². The summed E-state index contributed by atoms with van der Waals surface area (Å²) >= 11 is 3.38. The van der Waals surface area contributed by atoms with Gasteiger partial charge in [-0.1, -0.05) is 0 Å².